The highest BCUT2D eigenvalue weighted by molar-refractivity contribution is 6.32. The van der Waals surface area contributed by atoms with Gasteiger partial charge in [0.2, 0.25) is 0 Å². The summed E-state index contributed by atoms with van der Waals surface area (Å²) in [5, 5.41) is 11.0. The molecule has 7 heteroatoms. The number of esters is 1. The van der Waals surface area contributed by atoms with Gasteiger partial charge >= 0.3 is 5.97 Å². The zero-order chi connectivity index (χ0) is 16.1. The zero-order valence-electron chi connectivity index (χ0n) is 11.6. The first-order chi connectivity index (χ1) is 10.5. The Labute approximate surface area is 131 Å². The van der Waals surface area contributed by atoms with Crippen LogP contribution in [0.15, 0.2) is 42.5 Å². The van der Waals surface area contributed by atoms with E-state index in [-0.39, 0.29) is 18.0 Å². The summed E-state index contributed by atoms with van der Waals surface area (Å²) in [5.74, 6) is -0.228. The summed E-state index contributed by atoms with van der Waals surface area (Å²) < 4.78 is 10.3. The summed E-state index contributed by atoms with van der Waals surface area (Å²) in [6.45, 7) is 1.51. The number of nitro groups is 1. The van der Waals surface area contributed by atoms with E-state index in [1.165, 1.54) is 18.2 Å². The van der Waals surface area contributed by atoms with Gasteiger partial charge in [-0.3, -0.25) is 10.1 Å². The molecule has 0 amide bonds. The van der Waals surface area contributed by atoms with Crippen LogP contribution in [0.1, 0.15) is 5.56 Å². The maximum Gasteiger partial charge on any atom is 0.349 e. The fourth-order valence-electron chi connectivity index (χ4n) is 1.68. The van der Waals surface area contributed by atoms with E-state index < -0.39 is 10.9 Å². The molecule has 0 aliphatic carbocycles. The van der Waals surface area contributed by atoms with Crippen molar-refractivity contribution in [3.63, 3.8) is 0 Å². The predicted molar refractivity (Wildman–Crippen MR) is 80.4 cm³/mol. The van der Waals surface area contributed by atoms with Crippen LogP contribution in [0.5, 0.6) is 11.5 Å². The first-order valence-electron chi connectivity index (χ1n) is 6.30. The fourth-order valence-corrected chi connectivity index (χ4v) is 1.85. The summed E-state index contributed by atoms with van der Waals surface area (Å²) in [6.07, 6.45) is 0. The molecule has 2 aromatic carbocycles. The van der Waals surface area contributed by atoms with Crippen LogP contribution in [0, 0.1) is 17.0 Å². The number of hydrogen-bond donors (Lipinski definition) is 0. The molecule has 0 spiro atoms. The Hall–Kier alpha value is -2.60. The highest BCUT2D eigenvalue weighted by atomic mass is 35.5. The van der Waals surface area contributed by atoms with Crippen LogP contribution in [0.25, 0.3) is 0 Å². The Kier molecular flexibility index (Phi) is 4.95. The molecule has 0 fully saturated rings. The third kappa shape index (κ3) is 4.20. The number of ether oxygens (including phenoxy) is 2. The molecule has 2 rings (SSSR count). The molecule has 0 aliphatic rings. The molecule has 0 unspecified atom stereocenters. The largest absolute Gasteiger partial charge is 0.480 e. The SMILES string of the molecule is Cc1ccc(Cl)c(OCC(=O)Oc2cccc([N+](=O)[O-])c2)c1. The van der Waals surface area contributed by atoms with Gasteiger partial charge in [-0.2, -0.15) is 0 Å². The standard InChI is InChI=1S/C15H12ClNO5/c1-10-5-6-13(16)14(7-10)21-9-15(18)22-12-4-2-3-11(8-12)17(19)20/h2-8H,9H2,1H3. The van der Waals surface area contributed by atoms with Crippen molar-refractivity contribution in [3.8, 4) is 11.5 Å². The van der Waals surface area contributed by atoms with Gasteiger partial charge in [0.25, 0.3) is 5.69 Å². The first kappa shape index (κ1) is 15.8. The average molecular weight is 322 g/mol. The van der Waals surface area contributed by atoms with Crippen LogP contribution < -0.4 is 9.47 Å². The molecule has 114 valence electrons. The number of non-ortho nitro benzene ring substituents is 1. The van der Waals surface area contributed by atoms with Gasteiger partial charge in [-0.1, -0.05) is 23.7 Å². The Morgan fingerprint density at radius 1 is 1.27 bits per heavy atom. The van der Waals surface area contributed by atoms with Crippen LogP contribution in [-0.4, -0.2) is 17.5 Å². The number of nitrogens with zero attached hydrogens (tertiary/aromatic N) is 1. The number of carbonyl (C=O) groups is 1. The molecule has 2 aromatic rings. The Morgan fingerprint density at radius 3 is 2.77 bits per heavy atom. The smallest absolute Gasteiger partial charge is 0.349 e. The lowest BCUT2D eigenvalue weighted by Crippen LogP contribution is -2.17. The minimum absolute atomic E-state index is 0.0816. The van der Waals surface area contributed by atoms with Crippen LogP contribution in [0.2, 0.25) is 5.02 Å². The molecule has 0 atom stereocenters. The van der Waals surface area contributed by atoms with E-state index in [0.717, 1.165) is 11.6 Å². The van der Waals surface area contributed by atoms with E-state index in [1.807, 2.05) is 13.0 Å². The second-order valence-electron chi connectivity index (χ2n) is 4.45. The maximum absolute atomic E-state index is 11.7. The zero-order valence-corrected chi connectivity index (χ0v) is 12.4. The number of carbonyl (C=O) groups excluding carboxylic acids is 1. The average Bonchev–Trinajstić information content (AvgIpc) is 2.48. The lowest BCUT2D eigenvalue weighted by atomic mass is 10.2. The first-order valence-corrected chi connectivity index (χ1v) is 6.67. The lowest BCUT2D eigenvalue weighted by Gasteiger charge is -2.08. The van der Waals surface area contributed by atoms with E-state index >= 15 is 0 Å². The van der Waals surface area contributed by atoms with Gasteiger partial charge in [0, 0.05) is 6.07 Å². The predicted octanol–water partition coefficient (Wildman–Crippen LogP) is 3.54. The van der Waals surface area contributed by atoms with Crippen molar-refractivity contribution in [2.24, 2.45) is 0 Å². The molecule has 22 heavy (non-hydrogen) atoms. The normalized spacial score (nSPS) is 10.1. The summed E-state index contributed by atoms with van der Waals surface area (Å²) in [5.41, 5.74) is 0.777. The van der Waals surface area contributed by atoms with Crippen molar-refractivity contribution in [1.29, 1.82) is 0 Å². The Bertz CT molecular complexity index is 717. The minimum Gasteiger partial charge on any atom is -0.480 e. The fraction of sp³-hybridized carbons (Fsp3) is 0.133. The number of rotatable bonds is 5. The molecular weight excluding hydrogens is 310 g/mol. The summed E-state index contributed by atoms with van der Waals surface area (Å²) in [4.78, 5) is 21.8. The van der Waals surface area contributed by atoms with Crippen molar-refractivity contribution in [2.45, 2.75) is 6.92 Å². The topological polar surface area (TPSA) is 78.7 Å². The van der Waals surface area contributed by atoms with E-state index in [1.54, 1.807) is 12.1 Å². The maximum atomic E-state index is 11.7. The monoisotopic (exact) mass is 321 g/mol. The quantitative estimate of drug-likeness (QED) is 0.364. The highest BCUT2D eigenvalue weighted by Gasteiger charge is 2.11. The van der Waals surface area contributed by atoms with Crippen molar-refractivity contribution in [1.82, 2.24) is 0 Å². The van der Waals surface area contributed by atoms with Crippen LogP contribution >= 0.6 is 11.6 Å². The van der Waals surface area contributed by atoms with E-state index in [9.17, 15) is 14.9 Å². The third-order valence-corrected chi connectivity index (χ3v) is 3.00. The second kappa shape index (κ2) is 6.91. The van der Waals surface area contributed by atoms with Gasteiger partial charge in [0.15, 0.2) is 6.61 Å². The molecular formula is C15H12ClNO5. The van der Waals surface area contributed by atoms with Gasteiger partial charge in [0.05, 0.1) is 16.0 Å². The number of aryl methyl sites for hydroxylation is 1. The molecule has 0 heterocycles. The molecule has 0 saturated carbocycles. The summed E-state index contributed by atoms with van der Waals surface area (Å²) in [6, 6.07) is 10.5. The Morgan fingerprint density at radius 2 is 2.05 bits per heavy atom. The van der Waals surface area contributed by atoms with E-state index in [0.29, 0.717) is 10.8 Å². The van der Waals surface area contributed by atoms with Crippen LogP contribution in [-0.2, 0) is 4.79 Å². The highest BCUT2D eigenvalue weighted by Crippen LogP contribution is 2.25. The van der Waals surface area contributed by atoms with Gasteiger partial charge in [0.1, 0.15) is 11.5 Å². The molecule has 0 aliphatic heterocycles. The second-order valence-corrected chi connectivity index (χ2v) is 4.86. The van der Waals surface area contributed by atoms with E-state index in [2.05, 4.69) is 0 Å². The van der Waals surface area contributed by atoms with Gasteiger partial charge in [-0.25, -0.2) is 4.79 Å². The van der Waals surface area contributed by atoms with Crippen molar-refractivity contribution >= 4 is 23.3 Å². The van der Waals surface area contributed by atoms with Crippen molar-refractivity contribution in [3.05, 3.63) is 63.2 Å². The number of benzene rings is 2. The van der Waals surface area contributed by atoms with Crippen LogP contribution in [0.4, 0.5) is 5.69 Å². The minimum atomic E-state index is -0.682. The molecule has 0 aromatic heterocycles. The number of hydrogen-bond acceptors (Lipinski definition) is 5. The molecule has 0 bridgehead atoms. The summed E-state index contributed by atoms with van der Waals surface area (Å²) >= 11 is 5.94. The van der Waals surface area contributed by atoms with E-state index in [4.69, 9.17) is 21.1 Å². The van der Waals surface area contributed by atoms with Crippen molar-refractivity contribution < 1.29 is 19.2 Å². The molecule has 6 nitrogen and oxygen atoms in total. The molecule has 0 saturated heterocycles. The Balaban J connectivity index is 1.97. The summed E-state index contributed by atoms with van der Waals surface area (Å²) in [7, 11) is 0. The number of halogens is 1. The molecule has 0 radical (unpaired) electrons. The number of nitro benzene ring substituents is 1. The third-order valence-electron chi connectivity index (χ3n) is 2.69. The van der Waals surface area contributed by atoms with Gasteiger partial charge < -0.3 is 9.47 Å². The lowest BCUT2D eigenvalue weighted by molar-refractivity contribution is -0.384. The van der Waals surface area contributed by atoms with Crippen molar-refractivity contribution in [2.75, 3.05) is 6.61 Å². The van der Waals surface area contributed by atoms with Crippen LogP contribution in [0.3, 0.4) is 0 Å². The van der Waals surface area contributed by atoms with Gasteiger partial charge in [-0.15, -0.1) is 0 Å². The van der Waals surface area contributed by atoms with Gasteiger partial charge in [-0.05, 0) is 30.7 Å². The molecule has 0 N–H and O–H groups in total.